The predicted octanol–water partition coefficient (Wildman–Crippen LogP) is 2.00. The van der Waals surface area contributed by atoms with Crippen LogP contribution in [0, 0.1) is 11.2 Å². The zero-order valence-electron chi connectivity index (χ0n) is 20.1. The Bertz CT molecular complexity index is 979. The Morgan fingerprint density at radius 2 is 1.88 bits per heavy atom. The molecular weight excluding hydrogens is 425 g/mol. The molecule has 2 aromatic rings. The lowest BCUT2D eigenvalue weighted by molar-refractivity contribution is -0.142. The van der Waals surface area contributed by atoms with Crippen LogP contribution in [0.1, 0.15) is 45.7 Å². The number of aliphatic hydroxyl groups is 1. The molecule has 0 unspecified atom stereocenters. The number of amides is 2. The van der Waals surface area contributed by atoms with Crippen molar-refractivity contribution < 1.29 is 19.1 Å². The van der Waals surface area contributed by atoms with E-state index in [0.29, 0.717) is 11.3 Å². The molecule has 0 radical (unpaired) electrons. The van der Waals surface area contributed by atoms with Crippen LogP contribution >= 0.6 is 0 Å². The van der Waals surface area contributed by atoms with Crippen molar-refractivity contribution in [1.29, 1.82) is 0 Å². The van der Waals surface area contributed by atoms with E-state index in [1.54, 1.807) is 26.2 Å². The molecular formula is C24H34FN5O3. The topological polar surface area (TPSA) is 99.5 Å². The summed E-state index contributed by atoms with van der Waals surface area (Å²) in [5.41, 5.74) is 1.58. The summed E-state index contributed by atoms with van der Waals surface area (Å²) in [4.78, 5) is 27.8. The molecule has 2 heterocycles. The summed E-state index contributed by atoms with van der Waals surface area (Å²) in [5, 5.41) is 20.1. The zero-order chi connectivity index (χ0) is 24.5. The molecule has 8 nitrogen and oxygen atoms in total. The van der Waals surface area contributed by atoms with Crippen LogP contribution < -0.4 is 10.6 Å². The molecule has 3 N–H and O–H groups in total. The number of nitrogens with one attached hydrogen (secondary N) is 2. The Hall–Kier alpha value is -2.78. The summed E-state index contributed by atoms with van der Waals surface area (Å²) in [6, 6.07) is 5.68. The maximum atomic E-state index is 14.0. The molecule has 2 amide bonds. The highest BCUT2D eigenvalue weighted by atomic mass is 19.1. The Kier molecular flexibility index (Phi) is 7.23. The third-order valence-corrected chi connectivity index (χ3v) is 6.20. The van der Waals surface area contributed by atoms with E-state index in [0.717, 1.165) is 5.56 Å². The Morgan fingerprint density at radius 3 is 2.39 bits per heavy atom. The summed E-state index contributed by atoms with van der Waals surface area (Å²) >= 11 is 0. The van der Waals surface area contributed by atoms with Crippen LogP contribution in [0.4, 0.5) is 4.39 Å². The van der Waals surface area contributed by atoms with Gasteiger partial charge in [-0.05, 0) is 24.9 Å². The summed E-state index contributed by atoms with van der Waals surface area (Å²) in [6.07, 6.45) is 0.627. The van der Waals surface area contributed by atoms with Gasteiger partial charge in [-0.25, -0.2) is 4.39 Å². The molecule has 1 aliphatic heterocycles. The molecule has 0 spiro atoms. The number of hydrogen-bond acceptors (Lipinski definition) is 5. The number of benzene rings is 1. The molecule has 0 saturated carbocycles. The molecule has 1 fully saturated rings. The quantitative estimate of drug-likeness (QED) is 0.614. The van der Waals surface area contributed by atoms with E-state index in [9.17, 15) is 19.1 Å². The second-order valence-electron chi connectivity index (χ2n) is 9.80. The number of likely N-dealkylation sites (tertiary alicyclic amines) is 1. The van der Waals surface area contributed by atoms with E-state index in [2.05, 4.69) is 15.7 Å². The van der Waals surface area contributed by atoms with Gasteiger partial charge in [0.1, 0.15) is 11.7 Å². The van der Waals surface area contributed by atoms with Crippen LogP contribution in [0.3, 0.4) is 0 Å². The van der Waals surface area contributed by atoms with E-state index in [-0.39, 0.29) is 36.2 Å². The van der Waals surface area contributed by atoms with Crippen LogP contribution in [0.5, 0.6) is 0 Å². The summed E-state index contributed by atoms with van der Waals surface area (Å²) in [5.74, 6) is -0.902. The highest BCUT2D eigenvalue weighted by molar-refractivity contribution is 5.91. The summed E-state index contributed by atoms with van der Waals surface area (Å²) < 4.78 is 15.5. The SMILES string of the molecule is CN[C@@H](C(=O)N1C[C@H](O)C[C@H]1C(=O)N[C@@H](C)c1ccc(-c2c(F)cnn2C)cc1)C(C)(C)C. The van der Waals surface area contributed by atoms with Crippen molar-refractivity contribution in [3.8, 4) is 11.3 Å². The van der Waals surface area contributed by atoms with Gasteiger partial charge in [0.05, 0.1) is 24.4 Å². The smallest absolute Gasteiger partial charge is 0.243 e. The van der Waals surface area contributed by atoms with Gasteiger partial charge in [0.15, 0.2) is 5.82 Å². The number of aryl methyl sites for hydroxylation is 1. The molecule has 9 heteroatoms. The van der Waals surface area contributed by atoms with Crippen molar-refractivity contribution in [2.24, 2.45) is 12.5 Å². The lowest BCUT2D eigenvalue weighted by Gasteiger charge is -2.34. The fourth-order valence-corrected chi connectivity index (χ4v) is 4.46. The number of carbonyl (C=O) groups is 2. The minimum Gasteiger partial charge on any atom is -0.391 e. The number of rotatable bonds is 6. The van der Waals surface area contributed by atoms with Gasteiger partial charge in [-0.2, -0.15) is 5.10 Å². The highest BCUT2D eigenvalue weighted by Gasteiger charge is 2.43. The largest absolute Gasteiger partial charge is 0.391 e. The second-order valence-corrected chi connectivity index (χ2v) is 9.80. The molecule has 1 aliphatic rings. The average molecular weight is 460 g/mol. The van der Waals surface area contributed by atoms with E-state index in [1.165, 1.54) is 15.8 Å². The number of aromatic nitrogens is 2. The normalized spacial score (nSPS) is 20.5. The van der Waals surface area contributed by atoms with E-state index < -0.39 is 24.0 Å². The monoisotopic (exact) mass is 459 g/mol. The Labute approximate surface area is 194 Å². The fraction of sp³-hybridized carbons (Fsp3) is 0.542. The molecule has 0 aliphatic carbocycles. The maximum absolute atomic E-state index is 14.0. The number of halogens is 1. The van der Waals surface area contributed by atoms with Crippen molar-refractivity contribution in [2.75, 3.05) is 13.6 Å². The van der Waals surface area contributed by atoms with Gasteiger partial charge in [0.25, 0.3) is 0 Å². The van der Waals surface area contributed by atoms with Gasteiger partial charge in [0, 0.05) is 25.6 Å². The number of likely N-dealkylation sites (N-methyl/N-ethyl adjacent to an activating group) is 1. The second kappa shape index (κ2) is 9.61. The molecule has 1 aromatic carbocycles. The van der Waals surface area contributed by atoms with Gasteiger partial charge in [0.2, 0.25) is 11.8 Å². The Morgan fingerprint density at radius 1 is 1.24 bits per heavy atom. The van der Waals surface area contributed by atoms with Crippen molar-refractivity contribution in [3.05, 3.63) is 41.8 Å². The minimum atomic E-state index is -0.745. The van der Waals surface area contributed by atoms with Crippen molar-refractivity contribution in [2.45, 2.75) is 58.3 Å². The van der Waals surface area contributed by atoms with Crippen LogP contribution in [-0.2, 0) is 16.6 Å². The number of nitrogens with zero attached hydrogens (tertiary/aromatic N) is 3. The molecule has 1 saturated heterocycles. The first-order valence-electron chi connectivity index (χ1n) is 11.2. The van der Waals surface area contributed by atoms with Crippen LogP contribution in [0.2, 0.25) is 0 Å². The van der Waals surface area contributed by atoms with Crippen LogP contribution in [0.25, 0.3) is 11.3 Å². The molecule has 33 heavy (non-hydrogen) atoms. The lowest BCUT2D eigenvalue weighted by atomic mass is 9.86. The first kappa shape index (κ1) is 24.9. The number of hydrogen-bond donors (Lipinski definition) is 3. The first-order chi connectivity index (χ1) is 15.4. The van der Waals surface area contributed by atoms with E-state index >= 15 is 0 Å². The van der Waals surface area contributed by atoms with Crippen molar-refractivity contribution >= 4 is 11.8 Å². The van der Waals surface area contributed by atoms with Crippen molar-refractivity contribution in [3.63, 3.8) is 0 Å². The fourth-order valence-electron chi connectivity index (χ4n) is 4.46. The Balaban J connectivity index is 1.72. The van der Waals surface area contributed by atoms with Crippen LogP contribution in [-0.4, -0.2) is 63.4 Å². The van der Waals surface area contributed by atoms with Gasteiger partial charge in [-0.3, -0.25) is 14.3 Å². The van der Waals surface area contributed by atoms with E-state index in [4.69, 9.17) is 0 Å². The van der Waals surface area contributed by atoms with Gasteiger partial charge in [-0.15, -0.1) is 0 Å². The predicted molar refractivity (Wildman–Crippen MR) is 124 cm³/mol. The van der Waals surface area contributed by atoms with Gasteiger partial charge in [-0.1, -0.05) is 45.0 Å². The minimum absolute atomic E-state index is 0.129. The first-order valence-corrected chi connectivity index (χ1v) is 11.2. The third-order valence-electron chi connectivity index (χ3n) is 6.20. The summed E-state index contributed by atoms with van der Waals surface area (Å²) in [7, 11) is 3.40. The molecule has 1 aromatic heterocycles. The average Bonchev–Trinajstić information content (AvgIpc) is 3.29. The number of carbonyl (C=O) groups excluding carboxylic acids is 2. The van der Waals surface area contributed by atoms with Crippen molar-refractivity contribution in [1.82, 2.24) is 25.3 Å². The zero-order valence-corrected chi connectivity index (χ0v) is 20.1. The molecule has 180 valence electrons. The number of aliphatic hydroxyl groups excluding tert-OH is 1. The standard InChI is InChI=1S/C24H34FN5O3/c1-14(15-7-9-16(10-8-15)20-18(25)12-27-29(20)6)28-22(32)19-11-17(31)13-30(19)23(33)21(26-5)24(2,3)4/h7-10,12,14,17,19,21,26,31H,11,13H2,1-6H3,(H,28,32)/t14-,17+,19-,21-/m0/s1. The molecule has 4 atom stereocenters. The van der Waals surface area contributed by atoms with Gasteiger partial charge < -0.3 is 20.6 Å². The molecule has 0 bridgehead atoms. The summed E-state index contributed by atoms with van der Waals surface area (Å²) in [6.45, 7) is 7.84. The van der Waals surface area contributed by atoms with Gasteiger partial charge >= 0.3 is 0 Å². The lowest BCUT2D eigenvalue weighted by Crippen LogP contribution is -2.56. The number of β-amino-alcohol motifs (C(OH)–C–C–N with tert-alkyl or cyclic N) is 1. The molecule has 3 rings (SSSR count). The highest BCUT2D eigenvalue weighted by Crippen LogP contribution is 2.27. The maximum Gasteiger partial charge on any atom is 0.243 e. The third kappa shape index (κ3) is 5.25. The van der Waals surface area contributed by atoms with Crippen LogP contribution in [0.15, 0.2) is 30.5 Å². The van der Waals surface area contributed by atoms with E-state index in [1.807, 2.05) is 39.8 Å².